The van der Waals surface area contributed by atoms with Gasteiger partial charge in [0.2, 0.25) is 0 Å². The van der Waals surface area contributed by atoms with Crippen LogP contribution in [0, 0.1) is 0 Å². The Morgan fingerprint density at radius 3 is 1.00 bits per heavy atom. The summed E-state index contributed by atoms with van der Waals surface area (Å²) in [5, 5.41) is 0. The maximum atomic E-state index is 0. The Hall–Kier alpha value is 3.17. The van der Waals surface area contributed by atoms with Gasteiger partial charge in [-0.25, -0.2) is 0 Å². The van der Waals surface area contributed by atoms with Crippen LogP contribution in [0.25, 0.3) is 0 Å². The van der Waals surface area contributed by atoms with Crippen LogP contribution in [-0.2, 0) is 99.0 Å². The minimum Gasteiger partial charge on any atom is 0 e. The largest absolute Gasteiger partial charge is 0 e. The van der Waals surface area contributed by atoms with Crippen LogP contribution >= 0.6 is 0 Å². The van der Waals surface area contributed by atoms with Crippen molar-refractivity contribution in [2.24, 2.45) is 0 Å². The summed E-state index contributed by atoms with van der Waals surface area (Å²) in [5.74, 6) is 0. The summed E-state index contributed by atoms with van der Waals surface area (Å²) in [5.41, 5.74) is 0. The molecule has 0 rings (SSSR count). The first kappa shape index (κ1) is 41.8. The summed E-state index contributed by atoms with van der Waals surface area (Å²) in [6.07, 6.45) is 0. The average molecular weight is 539 g/mol. The maximum Gasteiger partial charge on any atom is 0 e. The third-order valence-corrected chi connectivity index (χ3v) is 0. The zero-order chi connectivity index (χ0) is 0. The summed E-state index contributed by atoms with van der Waals surface area (Å²) in [4.78, 5) is 0. The molecule has 0 aromatic rings. The van der Waals surface area contributed by atoms with Crippen molar-refractivity contribution in [1.82, 2.24) is 0 Å². The molecule has 0 aromatic carbocycles. The molecule has 0 aliphatic carbocycles. The van der Waals surface area contributed by atoms with Crippen molar-refractivity contribution in [1.29, 1.82) is 0 Å². The molecule has 0 aliphatic heterocycles. The van der Waals surface area contributed by atoms with Crippen LogP contribution in [-0.4, -0.2) is 0 Å². The van der Waals surface area contributed by atoms with Gasteiger partial charge < -0.3 is 0 Å². The smallest absolute Gasteiger partial charge is 0 e. The Bertz CT molecular complexity index is 11.6. The van der Waals surface area contributed by atoms with Crippen molar-refractivity contribution in [3.63, 3.8) is 0 Å². The molecule has 0 bridgehead atoms. The second-order valence-corrected chi connectivity index (χ2v) is 0. The first-order valence-corrected chi connectivity index (χ1v) is 0. The van der Waals surface area contributed by atoms with E-state index in [1.165, 1.54) is 0 Å². The Morgan fingerprint density at radius 1 is 1.00 bits per heavy atom. The average Bonchev–Trinajstić information content (AvgIpc) is 0. The Labute approximate surface area is 97.3 Å². The van der Waals surface area contributed by atoms with Crippen LogP contribution in [0.15, 0.2) is 0 Å². The van der Waals surface area contributed by atoms with Gasteiger partial charge in [-0.3, -0.25) is 0 Å². The predicted octanol–water partition coefficient (Wildman–Crippen LogP) is -0.0125. The molecule has 0 unspecified atom stereocenters. The van der Waals surface area contributed by atoms with Gasteiger partial charge in [0.15, 0.2) is 0 Å². The summed E-state index contributed by atoms with van der Waals surface area (Å²) >= 11 is 0. The van der Waals surface area contributed by atoms with E-state index in [2.05, 4.69) is 0 Å². The van der Waals surface area contributed by atoms with Crippen LogP contribution in [0.4, 0.5) is 0 Å². The Kier molecular flexibility index (Phi) is 227. The van der Waals surface area contributed by atoms with E-state index in [-0.39, 0.29) is 99.0 Å². The van der Waals surface area contributed by atoms with E-state index in [0.717, 1.165) is 0 Å². The number of rotatable bonds is 0. The van der Waals surface area contributed by atoms with Gasteiger partial charge in [0.05, 0.1) is 0 Å². The van der Waals surface area contributed by atoms with Gasteiger partial charge in [-0.2, -0.15) is 0 Å². The van der Waals surface area contributed by atoms with Crippen molar-refractivity contribution in [2.75, 3.05) is 0 Å². The van der Waals surface area contributed by atoms with Crippen molar-refractivity contribution < 1.29 is 99.0 Å². The fourth-order valence-electron chi connectivity index (χ4n) is 0. The summed E-state index contributed by atoms with van der Waals surface area (Å²) < 4.78 is 0. The van der Waals surface area contributed by atoms with Gasteiger partial charge in [0.25, 0.3) is 0 Å². The summed E-state index contributed by atoms with van der Waals surface area (Å²) in [6, 6.07) is 0. The summed E-state index contributed by atoms with van der Waals surface area (Å²) in [7, 11) is 0. The van der Waals surface area contributed by atoms with E-state index < -0.39 is 0 Å². The van der Waals surface area contributed by atoms with Gasteiger partial charge in [-0.1, -0.05) is 0 Å². The summed E-state index contributed by atoms with van der Waals surface area (Å²) in [6.45, 7) is 0. The molecule has 0 nitrogen and oxygen atoms in total. The van der Waals surface area contributed by atoms with Crippen LogP contribution in [0.1, 0.15) is 0 Å². The van der Waals surface area contributed by atoms with Crippen LogP contribution in [0.5, 0.6) is 0 Å². The molecule has 0 amide bonds. The fourth-order valence-corrected chi connectivity index (χ4v) is 0. The molecular formula is AuCrNiTiW. The van der Waals surface area contributed by atoms with Crippen LogP contribution in [0.2, 0.25) is 0 Å². The standard InChI is InChI=1S/Au.Cr.Ni.Ti.W. The molecule has 0 saturated heterocycles. The Morgan fingerprint density at radius 2 is 1.00 bits per heavy atom. The molecule has 0 atom stereocenters. The van der Waals surface area contributed by atoms with E-state index in [1.54, 1.807) is 0 Å². The first-order chi connectivity index (χ1) is 0. The molecule has 0 spiro atoms. The zero-order valence-electron chi connectivity index (χ0n) is 1.93. The van der Waals surface area contributed by atoms with E-state index >= 15 is 0 Å². The molecule has 5 heavy (non-hydrogen) atoms. The molecule has 0 saturated carbocycles. The quantitative estimate of drug-likeness (QED) is 0.381. The van der Waals surface area contributed by atoms with E-state index in [9.17, 15) is 0 Å². The van der Waals surface area contributed by atoms with Gasteiger partial charge >= 0.3 is 0 Å². The first-order valence-electron chi connectivity index (χ1n) is 0. The molecular weight excluding hydrogens is 539 g/mol. The van der Waals surface area contributed by atoms with Gasteiger partial charge in [0.1, 0.15) is 0 Å². The SMILES string of the molecule is [Au].[Cr].[Ni].[Ti].[W]. The van der Waals surface area contributed by atoms with E-state index in [0.29, 0.717) is 0 Å². The predicted molar refractivity (Wildman–Crippen MR) is 0 cm³/mol. The van der Waals surface area contributed by atoms with E-state index in [1.807, 2.05) is 0 Å². The minimum absolute atomic E-state index is 0. The molecule has 0 fully saturated rings. The third kappa shape index (κ3) is 19.1. The second-order valence-electron chi connectivity index (χ2n) is 0. The van der Waals surface area contributed by atoms with Crippen molar-refractivity contribution in [3.05, 3.63) is 0 Å². The van der Waals surface area contributed by atoms with Crippen LogP contribution < -0.4 is 0 Å². The number of hydrogen-bond donors (Lipinski definition) is 0. The molecule has 0 aromatic heterocycles. The van der Waals surface area contributed by atoms with E-state index in [4.69, 9.17) is 0 Å². The molecule has 5 heteroatoms. The minimum atomic E-state index is 0. The normalized spacial score (nSPS) is 0. The third-order valence-electron chi connectivity index (χ3n) is 0. The monoisotopic (exact) mass is 539 g/mol. The second kappa shape index (κ2) is 27.2. The molecule has 37 valence electrons. The maximum absolute atomic E-state index is 0. The van der Waals surface area contributed by atoms with Gasteiger partial charge in [0, 0.05) is 99.0 Å². The molecule has 0 heterocycles. The molecule has 1 radical (unpaired) electrons. The zero-order valence-corrected chi connectivity index (χ0v) is 10.9. The molecule has 0 aliphatic rings. The van der Waals surface area contributed by atoms with Crippen molar-refractivity contribution >= 4 is 0 Å². The van der Waals surface area contributed by atoms with Gasteiger partial charge in [-0.05, 0) is 0 Å². The van der Waals surface area contributed by atoms with Gasteiger partial charge in [-0.15, -0.1) is 0 Å². The van der Waals surface area contributed by atoms with Crippen molar-refractivity contribution in [2.45, 2.75) is 0 Å². The van der Waals surface area contributed by atoms with Crippen LogP contribution in [0.3, 0.4) is 0 Å². The topological polar surface area (TPSA) is 0 Å². The van der Waals surface area contributed by atoms with Crippen molar-refractivity contribution in [3.8, 4) is 0 Å². The molecule has 0 N–H and O–H groups in total. The number of hydrogen-bond acceptors (Lipinski definition) is 0. The fraction of sp³-hybridized carbons (Fsp3) is 0. The Balaban J connectivity index is 0.